The Bertz CT molecular complexity index is 468. The van der Waals surface area contributed by atoms with Crippen LogP contribution in [0.4, 0.5) is 9.18 Å². The van der Waals surface area contributed by atoms with E-state index in [0.29, 0.717) is 12.3 Å². The van der Waals surface area contributed by atoms with Crippen molar-refractivity contribution in [1.29, 1.82) is 0 Å². The third kappa shape index (κ3) is 7.26. The second kappa shape index (κ2) is 9.25. The number of urea groups is 1. The maximum absolute atomic E-state index is 13.4. The van der Waals surface area contributed by atoms with Crippen LogP contribution >= 0.6 is 0 Å². The summed E-state index contributed by atoms with van der Waals surface area (Å²) in [6.07, 6.45) is -0.298. The van der Waals surface area contributed by atoms with Gasteiger partial charge in [-0.2, -0.15) is 0 Å². The number of ether oxygens (including phenoxy) is 1. The highest BCUT2D eigenvalue weighted by molar-refractivity contribution is 5.73. The maximum Gasteiger partial charge on any atom is 0.315 e. The Morgan fingerprint density at radius 1 is 1.23 bits per heavy atom. The minimum atomic E-state index is -0.558. The zero-order valence-corrected chi connectivity index (χ0v) is 13.3. The summed E-state index contributed by atoms with van der Waals surface area (Å²) in [5.74, 6) is 0.0919. The van der Waals surface area contributed by atoms with Crippen LogP contribution in [0.2, 0.25) is 0 Å². The van der Waals surface area contributed by atoms with Gasteiger partial charge in [-0.05, 0) is 31.4 Å². The number of hydrogen-bond acceptors (Lipinski definition) is 3. The first kappa shape index (κ1) is 18.2. The molecule has 2 amide bonds. The van der Waals surface area contributed by atoms with Crippen molar-refractivity contribution in [3.63, 3.8) is 0 Å². The highest BCUT2D eigenvalue weighted by Crippen LogP contribution is 2.16. The van der Waals surface area contributed by atoms with E-state index in [0.717, 1.165) is 0 Å². The minimum absolute atomic E-state index is 0.157. The van der Waals surface area contributed by atoms with Crippen LogP contribution in [0.5, 0.6) is 5.75 Å². The first-order valence-corrected chi connectivity index (χ1v) is 7.49. The lowest BCUT2D eigenvalue weighted by atomic mass is 10.1. The molecule has 0 aliphatic carbocycles. The molecule has 2 atom stereocenters. The molecule has 2 unspecified atom stereocenters. The van der Waals surface area contributed by atoms with Gasteiger partial charge in [0.15, 0.2) is 11.6 Å². The van der Waals surface area contributed by atoms with E-state index in [9.17, 15) is 14.3 Å². The fourth-order valence-electron chi connectivity index (χ4n) is 1.94. The van der Waals surface area contributed by atoms with Gasteiger partial charge in [0.05, 0.1) is 12.6 Å². The minimum Gasteiger partial charge on any atom is -0.486 e. The second-order valence-corrected chi connectivity index (χ2v) is 5.73. The average molecular weight is 312 g/mol. The number of para-hydroxylation sites is 1. The molecular formula is C16H25FN2O3. The van der Waals surface area contributed by atoms with E-state index in [2.05, 4.69) is 10.6 Å². The number of nitrogens with one attached hydrogen (secondary N) is 2. The summed E-state index contributed by atoms with van der Waals surface area (Å²) in [7, 11) is 0. The Labute approximate surface area is 130 Å². The molecule has 3 N–H and O–H groups in total. The van der Waals surface area contributed by atoms with Gasteiger partial charge in [0.25, 0.3) is 0 Å². The number of hydrogen-bond donors (Lipinski definition) is 3. The lowest BCUT2D eigenvalue weighted by Gasteiger charge is -2.17. The van der Waals surface area contributed by atoms with Crippen molar-refractivity contribution in [3.05, 3.63) is 30.1 Å². The summed E-state index contributed by atoms with van der Waals surface area (Å²) >= 11 is 0. The first-order chi connectivity index (χ1) is 10.4. The van der Waals surface area contributed by atoms with Crippen LogP contribution in [0.15, 0.2) is 24.3 Å². The van der Waals surface area contributed by atoms with Crippen LogP contribution in [0, 0.1) is 11.7 Å². The third-order valence-corrected chi connectivity index (χ3v) is 2.96. The number of amides is 2. The van der Waals surface area contributed by atoms with Crippen LogP contribution in [0.1, 0.15) is 27.2 Å². The number of benzene rings is 1. The van der Waals surface area contributed by atoms with Crippen LogP contribution in [0.25, 0.3) is 0 Å². The molecule has 0 spiro atoms. The van der Waals surface area contributed by atoms with Gasteiger partial charge >= 0.3 is 6.03 Å². The van der Waals surface area contributed by atoms with Crippen LogP contribution in [0.3, 0.4) is 0 Å². The topological polar surface area (TPSA) is 70.6 Å². The number of halogens is 1. The summed E-state index contributed by atoms with van der Waals surface area (Å²) in [6, 6.07) is 5.74. The van der Waals surface area contributed by atoms with E-state index in [-0.39, 0.29) is 31.0 Å². The number of carbonyl (C=O) groups is 1. The number of carbonyl (C=O) groups excluding carboxylic acids is 1. The maximum atomic E-state index is 13.4. The summed E-state index contributed by atoms with van der Waals surface area (Å²) in [6.45, 7) is 6.18. The van der Waals surface area contributed by atoms with Crippen molar-refractivity contribution in [3.8, 4) is 5.75 Å². The third-order valence-electron chi connectivity index (χ3n) is 2.96. The molecule has 0 aliphatic rings. The average Bonchev–Trinajstić information content (AvgIpc) is 2.44. The van der Waals surface area contributed by atoms with E-state index < -0.39 is 11.9 Å². The fourth-order valence-corrected chi connectivity index (χ4v) is 1.94. The largest absolute Gasteiger partial charge is 0.486 e. The quantitative estimate of drug-likeness (QED) is 0.690. The molecule has 0 aliphatic heterocycles. The van der Waals surface area contributed by atoms with E-state index in [1.54, 1.807) is 19.1 Å². The molecule has 0 saturated heterocycles. The molecule has 0 saturated carbocycles. The fraction of sp³-hybridized carbons (Fsp3) is 0.562. The first-order valence-electron chi connectivity index (χ1n) is 7.49. The summed E-state index contributed by atoms with van der Waals surface area (Å²) < 4.78 is 18.8. The van der Waals surface area contributed by atoms with Gasteiger partial charge in [-0.15, -0.1) is 0 Å². The lowest BCUT2D eigenvalue weighted by molar-refractivity contribution is 0.146. The highest BCUT2D eigenvalue weighted by atomic mass is 19.1. The summed E-state index contributed by atoms with van der Waals surface area (Å²) in [5, 5.41) is 14.9. The van der Waals surface area contributed by atoms with E-state index in [1.807, 2.05) is 13.8 Å². The molecule has 1 rings (SSSR count). The number of aliphatic hydroxyl groups is 1. The zero-order valence-electron chi connectivity index (χ0n) is 13.3. The van der Waals surface area contributed by atoms with E-state index >= 15 is 0 Å². The molecule has 0 bridgehead atoms. The molecule has 124 valence electrons. The lowest BCUT2D eigenvalue weighted by Crippen LogP contribution is -2.43. The molecule has 0 fully saturated rings. The van der Waals surface area contributed by atoms with Crippen LogP contribution < -0.4 is 15.4 Å². The van der Waals surface area contributed by atoms with Gasteiger partial charge in [0, 0.05) is 6.54 Å². The van der Waals surface area contributed by atoms with Crippen LogP contribution in [-0.4, -0.2) is 36.4 Å². The molecule has 22 heavy (non-hydrogen) atoms. The Morgan fingerprint density at radius 3 is 2.50 bits per heavy atom. The van der Waals surface area contributed by atoms with Crippen molar-refractivity contribution in [2.75, 3.05) is 13.1 Å². The molecule has 5 nitrogen and oxygen atoms in total. The Hall–Kier alpha value is -1.82. The smallest absolute Gasteiger partial charge is 0.315 e. The molecule has 1 aromatic carbocycles. The number of rotatable bonds is 8. The predicted octanol–water partition coefficient (Wildman–Crippen LogP) is 2.30. The Morgan fingerprint density at radius 2 is 1.86 bits per heavy atom. The zero-order chi connectivity index (χ0) is 16.5. The van der Waals surface area contributed by atoms with E-state index in [4.69, 9.17) is 4.74 Å². The monoisotopic (exact) mass is 312 g/mol. The van der Waals surface area contributed by atoms with Crippen molar-refractivity contribution >= 4 is 6.03 Å². The number of aliphatic hydroxyl groups excluding tert-OH is 1. The Kier molecular flexibility index (Phi) is 7.66. The molecule has 0 heterocycles. The van der Waals surface area contributed by atoms with Gasteiger partial charge in [0.2, 0.25) is 0 Å². The van der Waals surface area contributed by atoms with Gasteiger partial charge in [-0.3, -0.25) is 0 Å². The standard InChI is InChI=1S/C16H25FN2O3/c1-11(2)8-13(20)10-19-16(21)18-9-12(3)22-15-7-5-4-6-14(15)17/h4-7,11-13,20H,8-10H2,1-3H3,(H2,18,19,21). The second-order valence-electron chi connectivity index (χ2n) is 5.73. The van der Waals surface area contributed by atoms with Crippen molar-refractivity contribution in [1.82, 2.24) is 10.6 Å². The highest BCUT2D eigenvalue weighted by Gasteiger charge is 2.11. The van der Waals surface area contributed by atoms with Gasteiger partial charge in [-0.25, -0.2) is 9.18 Å². The van der Waals surface area contributed by atoms with Crippen LogP contribution in [-0.2, 0) is 0 Å². The van der Waals surface area contributed by atoms with Crippen molar-refractivity contribution in [2.45, 2.75) is 39.4 Å². The molecule has 6 heteroatoms. The predicted molar refractivity (Wildman–Crippen MR) is 83.4 cm³/mol. The molecular weight excluding hydrogens is 287 g/mol. The van der Waals surface area contributed by atoms with Crippen molar-refractivity contribution < 1.29 is 19.0 Å². The SMILES string of the molecule is CC(C)CC(O)CNC(=O)NCC(C)Oc1ccccc1F. The summed E-state index contributed by atoms with van der Waals surface area (Å²) in [4.78, 5) is 11.6. The molecule has 1 aromatic rings. The van der Waals surface area contributed by atoms with Gasteiger partial charge in [-0.1, -0.05) is 26.0 Å². The Balaban J connectivity index is 2.25. The van der Waals surface area contributed by atoms with Gasteiger partial charge < -0.3 is 20.5 Å². The molecule has 0 aromatic heterocycles. The summed E-state index contributed by atoms with van der Waals surface area (Å²) in [5.41, 5.74) is 0. The van der Waals surface area contributed by atoms with E-state index in [1.165, 1.54) is 12.1 Å². The molecule has 0 radical (unpaired) electrons. The normalized spacial score (nSPS) is 13.5. The van der Waals surface area contributed by atoms with Gasteiger partial charge in [0.1, 0.15) is 6.10 Å². The van der Waals surface area contributed by atoms with Crippen molar-refractivity contribution in [2.24, 2.45) is 5.92 Å².